The summed E-state index contributed by atoms with van der Waals surface area (Å²) in [6, 6.07) is 5.24. The molecule has 0 bridgehead atoms. The summed E-state index contributed by atoms with van der Waals surface area (Å²) in [5.41, 5.74) is 0.645. The number of nitrogens with one attached hydrogen (secondary N) is 1. The number of ether oxygens (including phenoxy) is 3. The van der Waals surface area contributed by atoms with Crippen LogP contribution >= 0.6 is 0 Å². The number of carbonyl (C=O) groups is 1. The molecule has 1 heterocycles. The van der Waals surface area contributed by atoms with Gasteiger partial charge in [0.05, 0.1) is 14.2 Å². The van der Waals surface area contributed by atoms with Crippen LogP contribution in [0.3, 0.4) is 0 Å². The van der Waals surface area contributed by atoms with Crippen molar-refractivity contribution < 1.29 is 19.0 Å². The number of benzene rings is 1. The molecule has 18 heavy (non-hydrogen) atoms. The highest BCUT2D eigenvalue weighted by Gasteiger charge is 2.23. The molecule has 1 aromatic rings. The van der Waals surface area contributed by atoms with Crippen molar-refractivity contribution in [3.8, 4) is 11.5 Å². The van der Waals surface area contributed by atoms with Gasteiger partial charge in [0.15, 0.2) is 0 Å². The van der Waals surface area contributed by atoms with Gasteiger partial charge in [-0.25, -0.2) is 0 Å². The summed E-state index contributed by atoms with van der Waals surface area (Å²) in [5, 5.41) is 2.81. The molecule has 98 valence electrons. The third kappa shape index (κ3) is 2.92. The normalized spacial score (nSPS) is 18.4. The third-order valence-corrected chi connectivity index (χ3v) is 2.84. The van der Waals surface area contributed by atoms with Crippen LogP contribution in [0.1, 0.15) is 12.8 Å². The van der Waals surface area contributed by atoms with Crippen molar-refractivity contribution in [2.75, 3.05) is 26.1 Å². The van der Waals surface area contributed by atoms with Crippen LogP contribution in [0.5, 0.6) is 11.5 Å². The summed E-state index contributed by atoms with van der Waals surface area (Å²) in [5.74, 6) is 1.15. The molecule has 1 aromatic carbocycles. The number of rotatable bonds is 4. The number of methoxy groups -OCH3 is 2. The van der Waals surface area contributed by atoms with Crippen LogP contribution in [-0.2, 0) is 9.53 Å². The lowest BCUT2D eigenvalue weighted by molar-refractivity contribution is -0.124. The van der Waals surface area contributed by atoms with E-state index in [2.05, 4.69) is 5.32 Å². The molecule has 0 radical (unpaired) electrons. The maximum Gasteiger partial charge on any atom is 0.253 e. The van der Waals surface area contributed by atoms with Gasteiger partial charge in [0, 0.05) is 30.5 Å². The Hall–Kier alpha value is -1.75. The second-order valence-corrected chi connectivity index (χ2v) is 4.09. The van der Waals surface area contributed by atoms with E-state index in [0.717, 1.165) is 12.8 Å². The van der Waals surface area contributed by atoms with Gasteiger partial charge in [-0.3, -0.25) is 4.79 Å². The van der Waals surface area contributed by atoms with Crippen molar-refractivity contribution in [1.29, 1.82) is 0 Å². The highest BCUT2D eigenvalue weighted by molar-refractivity contribution is 5.94. The first-order valence-corrected chi connectivity index (χ1v) is 5.88. The molecular formula is C13H17NO4. The number of hydrogen-bond acceptors (Lipinski definition) is 4. The molecule has 0 spiro atoms. The average molecular weight is 251 g/mol. The number of hydrogen-bond donors (Lipinski definition) is 1. The van der Waals surface area contributed by atoms with Crippen molar-refractivity contribution in [2.24, 2.45) is 0 Å². The van der Waals surface area contributed by atoms with Crippen LogP contribution in [-0.4, -0.2) is 32.8 Å². The largest absolute Gasteiger partial charge is 0.497 e. The average Bonchev–Trinajstić information content (AvgIpc) is 2.92. The maximum absolute atomic E-state index is 11.9. The fourth-order valence-corrected chi connectivity index (χ4v) is 1.89. The monoisotopic (exact) mass is 251 g/mol. The SMILES string of the molecule is COc1cc(NC(=O)[C@H]2CCCO2)cc(OC)c1. The van der Waals surface area contributed by atoms with E-state index < -0.39 is 0 Å². The van der Waals surface area contributed by atoms with Gasteiger partial charge in [-0.05, 0) is 12.8 Å². The second-order valence-electron chi connectivity index (χ2n) is 4.09. The zero-order chi connectivity index (χ0) is 13.0. The molecule has 0 aliphatic carbocycles. The second kappa shape index (κ2) is 5.73. The Morgan fingerprint density at radius 3 is 2.44 bits per heavy atom. The van der Waals surface area contributed by atoms with E-state index in [1.165, 1.54) is 0 Å². The van der Waals surface area contributed by atoms with E-state index in [1.54, 1.807) is 32.4 Å². The van der Waals surface area contributed by atoms with Gasteiger partial charge in [-0.15, -0.1) is 0 Å². The van der Waals surface area contributed by atoms with E-state index in [0.29, 0.717) is 23.8 Å². The Bertz CT molecular complexity index is 405. The predicted octanol–water partition coefficient (Wildman–Crippen LogP) is 1.82. The zero-order valence-electron chi connectivity index (χ0n) is 10.6. The fourth-order valence-electron chi connectivity index (χ4n) is 1.89. The van der Waals surface area contributed by atoms with Gasteiger partial charge < -0.3 is 19.5 Å². The molecule has 1 saturated heterocycles. The van der Waals surface area contributed by atoms with Crippen molar-refractivity contribution >= 4 is 11.6 Å². The van der Waals surface area contributed by atoms with Crippen LogP contribution in [0.4, 0.5) is 5.69 Å². The molecule has 5 heteroatoms. The Morgan fingerprint density at radius 1 is 1.28 bits per heavy atom. The highest BCUT2D eigenvalue weighted by atomic mass is 16.5. The standard InChI is InChI=1S/C13H17NO4/c1-16-10-6-9(7-11(8-10)17-2)14-13(15)12-4-3-5-18-12/h6-8,12H,3-5H2,1-2H3,(H,14,15)/t12-/m1/s1. The zero-order valence-corrected chi connectivity index (χ0v) is 10.6. The lowest BCUT2D eigenvalue weighted by Gasteiger charge is -2.12. The first-order valence-electron chi connectivity index (χ1n) is 5.88. The Morgan fingerprint density at radius 2 is 1.94 bits per heavy atom. The van der Waals surface area contributed by atoms with E-state index in [-0.39, 0.29) is 12.0 Å². The highest BCUT2D eigenvalue weighted by Crippen LogP contribution is 2.26. The summed E-state index contributed by atoms with van der Waals surface area (Å²) in [7, 11) is 3.14. The minimum absolute atomic E-state index is 0.122. The van der Waals surface area contributed by atoms with E-state index in [9.17, 15) is 4.79 Å². The number of amides is 1. The van der Waals surface area contributed by atoms with Crippen LogP contribution in [0.25, 0.3) is 0 Å². The molecule has 1 aliphatic rings. The Kier molecular flexibility index (Phi) is 4.04. The maximum atomic E-state index is 11.9. The minimum Gasteiger partial charge on any atom is -0.497 e. The molecule has 0 unspecified atom stereocenters. The van der Waals surface area contributed by atoms with Crippen LogP contribution in [0.2, 0.25) is 0 Å². The number of anilines is 1. The first kappa shape index (κ1) is 12.7. The van der Waals surface area contributed by atoms with Gasteiger partial charge in [0.2, 0.25) is 0 Å². The lowest BCUT2D eigenvalue weighted by Crippen LogP contribution is -2.26. The minimum atomic E-state index is -0.345. The van der Waals surface area contributed by atoms with Crippen molar-refractivity contribution in [1.82, 2.24) is 0 Å². The van der Waals surface area contributed by atoms with Crippen LogP contribution in [0, 0.1) is 0 Å². The quantitative estimate of drug-likeness (QED) is 0.886. The van der Waals surface area contributed by atoms with E-state index in [1.807, 2.05) is 0 Å². The molecule has 1 fully saturated rings. The summed E-state index contributed by atoms with van der Waals surface area (Å²) < 4.78 is 15.6. The lowest BCUT2D eigenvalue weighted by atomic mass is 10.2. The molecule has 1 atom stereocenters. The first-order chi connectivity index (χ1) is 8.72. The van der Waals surface area contributed by atoms with Crippen LogP contribution < -0.4 is 14.8 Å². The molecule has 5 nitrogen and oxygen atoms in total. The van der Waals surface area contributed by atoms with Crippen molar-refractivity contribution in [3.63, 3.8) is 0 Å². The van der Waals surface area contributed by atoms with E-state index >= 15 is 0 Å². The Balaban J connectivity index is 2.09. The third-order valence-electron chi connectivity index (χ3n) is 2.84. The molecular weight excluding hydrogens is 234 g/mol. The Labute approximate surface area is 106 Å². The van der Waals surface area contributed by atoms with E-state index in [4.69, 9.17) is 14.2 Å². The van der Waals surface area contributed by atoms with Gasteiger partial charge in [-0.2, -0.15) is 0 Å². The summed E-state index contributed by atoms with van der Waals surface area (Å²) in [4.78, 5) is 11.9. The molecule has 2 rings (SSSR count). The van der Waals surface area contributed by atoms with Gasteiger partial charge in [-0.1, -0.05) is 0 Å². The predicted molar refractivity (Wildman–Crippen MR) is 67.1 cm³/mol. The van der Waals surface area contributed by atoms with Crippen molar-refractivity contribution in [2.45, 2.75) is 18.9 Å². The molecule has 1 aliphatic heterocycles. The van der Waals surface area contributed by atoms with Gasteiger partial charge in [0.1, 0.15) is 17.6 Å². The smallest absolute Gasteiger partial charge is 0.253 e. The van der Waals surface area contributed by atoms with Crippen molar-refractivity contribution in [3.05, 3.63) is 18.2 Å². The van der Waals surface area contributed by atoms with Gasteiger partial charge >= 0.3 is 0 Å². The summed E-state index contributed by atoms with van der Waals surface area (Å²) in [6.45, 7) is 0.652. The molecule has 1 amide bonds. The molecule has 0 saturated carbocycles. The fraction of sp³-hybridized carbons (Fsp3) is 0.462. The summed E-state index contributed by atoms with van der Waals surface area (Å²) in [6.07, 6.45) is 1.36. The topological polar surface area (TPSA) is 56.8 Å². The summed E-state index contributed by atoms with van der Waals surface area (Å²) >= 11 is 0. The molecule has 1 N–H and O–H groups in total. The van der Waals surface area contributed by atoms with Gasteiger partial charge in [0.25, 0.3) is 5.91 Å². The molecule has 0 aromatic heterocycles. The van der Waals surface area contributed by atoms with Crippen LogP contribution in [0.15, 0.2) is 18.2 Å². The number of carbonyl (C=O) groups excluding carboxylic acids is 1.